The van der Waals surface area contributed by atoms with Crippen LogP contribution in [0.1, 0.15) is 12.8 Å². The van der Waals surface area contributed by atoms with Gasteiger partial charge < -0.3 is 4.42 Å². The van der Waals surface area contributed by atoms with Gasteiger partial charge in [-0.05, 0) is 25.0 Å². The third kappa shape index (κ3) is 3.64. The zero-order valence-electron chi connectivity index (χ0n) is 13.6. The van der Waals surface area contributed by atoms with E-state index in [1.54, 1.807) is 0 Å². The maximum Gasteiger partial charge on any atom is 0.419 e. The molecule has 138 valence electrons. The number of fused-ring (bicyclic) bond motifs is 1. The molecule has 9 nitrogen and oxygen atoms in total. The minimum Gasteiger partial charge on any atom is -0.408 e. The van der Waals surface area contributed by atoms with Crippen LogP contribution < -0.4 is 10.5 Å². The zero-order chi connectivity index (χ0) is 18.2. The normalized spacial score (nSPS) is 16.7. The smallest absolute Gasteiger partial charge is 0.408 e. The van der Waals surface area contributed by atoms with Crippen molar-refractivity contribution in [2.45, 2.75) is 17.7 Å². The number of nitrogens with zero attached hydrogens (tertiary/aromatic N) is 2. The van der Waals surface area contributed by atoms with Crippen molar-refractivity contribution in [1.29, 1.82) is 0 Å². The molecule has 0 aliphatic carbocycles. The average Bonchev–Trinajstić information content (AvgIpc) is 3.17. The van der Waals surface area contributed by atoms with Crippen LogP contribution in [0.3, 0.4) is 0 Å². The predicted molar refractivity (Wildman–Crippen MR) is 91.2 cm³/mol. The van der Waals surface area contributed by atoms with Crippen molar-refractivity contribution in [2.75, 3.05) is 25.4 Å². The van der Waals surface area contributed by atoms with E-state index in [1.807, 2.05) is 0 Å². The van der Waals surface area contributed by atoms with E-state index in [2.05, 4.69) is 4.72 Å². The predicted octanol–water partition coefficient (Wildman–Crippen LogP) is -0.165. The van der Waals surface area contributed by atoms with E-state index in [0.717, 1.165) is 12.8 Å². The summed E-state index contributed by atoms with van der Waals surface area (Å²) in [6.45, 7) is 0.746. The summed E-state index contributed by atoms with van der Waals surface area (Å²) in [5.41, 5.74) is 0.626. The van der Waals surface area contributed by atoms with Gasteiger partial charge in [0.05, 0.1) is 16.2 Å². The summed E-state index contributed by atoms with van der Waals surface area (Å²) in [7, 11) is -5.85. The molecule has 1 aliphatic heterocycles. The van der Waals surface area contributed by atoms with Crippen molar-refractivity contribution >= 4 is 31.1 Å². The number of rotatable bonds is 6. The van der Waals surface area contributed by atoms with E-state index in [4.69, 9.17) is 4.42 Å². The van der Waals surface area contributed by atoms with Gasteiger partial charge in [0.2, 0.25) is 20.0 Å². The summed E-state index contributed by atoms with van der Waals surface area (Å²) in [6, 6.07) is 4.05. The van der Waals surface area contributed by atoms with Crippen molar-refractivity contribution in [3.05, 3.63) is 28.7 Å². The molecule has 2 heterocycles. The average molecular weight is 389 g/mol. The van der Waals surface area contributed by atoms with E-state index in [0.29, 0.717) is 18.6 Å². The second-order valence-corrected chi connectivity index (χ2v) is 9.73. The molecule has 0 unspecified atom stereocenters. The highest BCUT2D eigenvalue weighted by Crippen LogP contribution is 2.18. The van der Waals surface area contributed by atoms with Crippen LogP contribution in [0.15, 0.2) is 32.3 Å². The van der Waals surface area contributed by atoms with Gasteiger partial charge in [-0.15, -0.1) is 0 Å². The van der Waals surface area contributed by atoms with Crippen molar-refractivity contribution in [3.8, 4) is 0 Å². The Morgan fingerprint density at radius 3 is 2.52 bits per heavy atom. The van der Waals surface area contributed by atoms with Gasteiger partial charge in [-0.25, -0.2) is 30.7 Å². The molecule has 3 rings (SSSR count). The SMILES string of the molecule is Cn1c(=O)oc2cc(S(=O)(=O)NCCS(=O)(=O)N3CCCC3)ccc21. The molecular formula is C14H19N3O6S2. The van der Waals surface area contributed by atoms with Crippen LogP contribution in [0, 0.1) is 0 Å². The minimum atomic E-state index is -3.91. The highest BCUT2D eigenvalue weighted by Gasteiger charge is 2.25. The van der Waals surface area contributed by atoms with E-state index >= 15 is 0 Å². The Morgan fingerprint density at radius 1 is 1.16 bits per heavy atom. The van der Waals surface area contributed by atoms with Crippen molar-refractivity contribution < 1.29 is 21.3 Å². The number of aryl methyl sites for hydroxylation is 1. The van der Waals surface area contributed by atoms with Gasteiger partial charge in [0, 0.05) is 32.7 Å². The summed E-state index contributed by atoms with van der Waals surface area (Å²) >= 11 is 0. The highest BCUT2D eigenvalue weighted by molar-refractivity contribution is 7.90. The fraction of sp³-hybridized carbons (Fsp3) is 0.500. The number of hydrogen-bond donors (Lipinski definition) is 1. The Hall–Kier alpha value is -1.69. The molecule has 1 fully saturated rings. The topological polar surface area (TPSA) is 119 Å². The van der Waals surface area contributed by atoms with Crippen LogP contribution in [-0.2, 0) is 27.1 Å². The van der Waals surface area contributed by atoms with Crippen LogP contribution in [0.2, 0.25) is 0 Å². The molecule has 1 aromatic heterocycles. The third-order valence-corrected chi connectivity index (χ3v) is 7.52. The summed E-state index contributed by atoms with van der Waals surface area (Å²) in [5.74, 6) is -0.885. The Kier molecular flexibility index (Phi) is 4.75. The van der Waals surface area contributed by atoms with Crippen LogP contribution in [0.5, 0.6) is 0 Å². The van der Waals surface area contributed by atoms with Gasteiger partial charge in [0.1, 0.15) is 0 Å². The van der Waals surface area contributed by atoms with Gasteiger partial charge in [-0.1, -0.05) is 0 Å². The second kappa shape index (κ2) is 6.56. The lowest BCUT2D eigenvalue weighted by Crippen LogP contribution is -2.36. The number of oxazole rings is 1. The Morgan fingerprint density at radius 2 is 1.84 bits per heavy atom. The molecule has 0 radical (unpaired) electrons. The molecule has 0 bridgehead atoms. The largest absolute Gasteiger partial charge is 0.419 e. The van der Waals surface area contributed by atoms with Crippen molar-refractivity contribution in [2.24, 2.45) is 7.05 Å². The molecule has 0 amide bonds. The molecule has 1 saturated heterocycles. The van der Waals surface area contributed by atoms with E-state index < -0.39 is 25.8 Å². The first-order chi connectivity index (χ1) is 11.7. The Labute approximate surface area is 145 Å². The maximum absolute atomic E-state index is 12.3. The Bertz CT molecular complexity index is 1050. The first-order valence-corrected chi connectivity index (χ1v) is 10.9. The quantitative estimate of drug-likeness (QED) is 0.733. The van der Waals surface area contributed by atoms with Gasteiger partial charge in [0.25, 0.3) is 0 Å². The molecule has 25 heavy (non-hydrogen) atoms. The number of aromatic nitrogens is 1. The maximum atomic E-state index is 12.3. The minimum absolute atomic E-state index is 0.0899. The lowest BCUT2D eigenvalue weighted by atomic mass is 10.3. The van der Waals surface area contributed by atoms with E-state index in [1.165, 1.54) is 34.1 Å². The van der Waals surface area contributed by atoms with Crippen molar-refractivity contribution in [3.63, 3.8) is 0 Å². The second-order valence-electron chi connectivity index (χ2n) is 5.88. The number of hydrogen-bond acceptors (Lipinski definition) is 6. The molecule has 1 aromatic carbocycles. The molecule has 0 atom stereocenters. The molecule has 0 saturated carbocycles. The molecule has 0 spiro atoms. The molecule has 11 heteroatoms. The third-order valence-electron chi connectivity index (χ3n) is 4.18. The van der Waals surface area contributed by atoms with Crippen LogP contribution >= 0.6 is 0 Å². The fourth-order valence-corrected chi connectivity index (χ4v) is 5.37. The standard InChI is InChI=1S/C14H19N3O6S2/c1-16-12-5-4-11(10-13(12)23-14(16)18)25(21,22)15-6-9-24(19,20)17-7-2-3-8-17/h4-5,10,15H,2-3,6-9H2,1H3. The van der Waals surface area contributed by atoms with Crippen LogP contribution in [0.4, 0.5) is 0 Å². The number of nitrogens with one attached hydrogen (secondary N) is 1. The van der Waals surface area contributed by atoms with Crippen LogP contribution in [0.25, 0.3) is 11.1 Å². The van der Waals surface area contributed by atoms with Gasteiger partial charge in [0.15, 0.2) is 5.58 Å². The van der Waals surface area contributed by atoms with Gasteiger partial charge in [-0.2, -0.15) is 0 Å². The fourth-order valence-electron chi connectivity index (χ4n) is 2.77. The van der Waals surface area contributed by atoms with Gasteiger partial charge >= 0.3 is 5.76 Å². The van der Waals surface area contributed by atoms with E-state index in [-0.39, 0.29) is 22.8 Å². The molecular weight excluding hydrogens is 370 g/mol. The monoisotopic (exact) mass is 389 g/mol. The summed E-state index contributed by atoms with van der Waals surface area (Å²) < 4.78 is 58.8. The molecule has 2 aromatic rings. The van der Waals surface area contributed by atoms with Gasteiger partial charge in [-0.3, -0.25) is 4.57 Å². The van der Waals surface area contributed by atoms with Crippen molar-refractivity contribution in [1.82, 2.24) is 13.6 Å². The first kappa shape index (κ1) is 18.1. The van der Waals surface area contributed by atoms with E-state index in [9.17, 15) is 21.6 Å². The molecule has 1 aliphatic rings. The molecule has 1 N–H and O–H groups in total. The highest BCUT2D eigenvalue weighted by atomic mass is 32.2. The summed E-state index contributed by atoms with van der Waals surface area (Å²) in [4.78, 5) is 11.4. The summed E-state index contributed by atoms with van der Waals surface area (Å²) in [6.07, 6.45) is 1.65. The lowest BCUT2D eigenvalue weighted by Gasteiger charge is -2.15. The number of benzene rings is 1. The first-order valence-electron chi connectivity index (χ1n) is 7.78. The zero-order valence-corrected chi connectivity index (χ0v) is 15.3. The lowest BCUT2D eigenvalue weighted by molar-refractivity contribution is 0.477. The van der Waals surface area contributed by atoms with Crippen LogP contribution in [-0.4, -0.2) is 51.1 Å². The summed E-state index contributed by atoms with van der Waals surface area (Å²) in [5, 5.41) is 0. The number of sulfonamides is 2. The Balaban J connectivity index is 1.72.